The Kier molecular flexibility index (Phi) is 2.44. The number of ketones is 1. The molecule has 82 valence electrons. The van der Waals surface area contributed by atoms with E-state index in [4.69, 9.17) is 4.42 Å². The Morgan fingerprint density at radius 2 is 2.19 bits per heavy atom. The van der Waals surface area contributed by atoms with Gasteiger partial charge in [-0.15, -0.1) is 0 Å². The van der Waals surface area contributed by atoms with Gasteiger partial charge in [0.15, 0.2) is 11.4 Å². The number of hydrogen-bond donors (Lipinski definition) is 0. The van der Waals surface area contributed by atoms with Crippen molar-refractivity contribution in [2.24, 2.45) is 0 Å². The van der Waals surface area contributed by atoms with Gasteiger partial charge in [-0.1, -0.05) is 0 Å². The Morgan fingerprint density at radius 1 is 1.44 bits per heavy atom. The quantitative estimate of drug-likeness (QED) is 0.569. The predicted molar refractivity (Wildman–Crippen MR) is 55.4 cm³/mol. The van der Waals surface area contributed by atoms with Crippen molar-refractivity contribution < 1.29 is 18.7 Å². The lowest BCUT2D eigenvalue weighted by Crippen LogP contribution is -2.05. The molecule has 0 radical (unpaired) electrons. The van der Waals surface area contributed by atoms with Crippen LogP contribution in [0.15, 0.2) is 22.9 Å². The molecular weight excluding hydrogens is 210 g/mol. The zero-order valence-electron chi connectivity index (χ0n) is 8.81. The zero-order valence-corrected chi connectivity index (χ0v) is 8.81. The summed E-state index contributed by atoms with van der Waals surface area (Å²) in [6.07, 6.45) is 2.69. The number of aromatic nitrogens is 1. The molecule has 0 unspecified atom stereocenters. The molecule has 0 amide bonds. The van der Waals surface area contributed by atoms with Crippen LogP contribution < -0.4 is 0 Å². The summed E-state index contributed by atoms with van der Waals surface area (Å²) in [7, 11) is 1.27. The van der Waals surface area contributed by atoms with Crippen molar-refractivity contribution in [3.05, 3.63) is 29.8 Å². The van der Waals surface area contributed by atoms with E-state index in [1.807, 2.05) is 0 Å². The highest BCUT2D eigenvalue weighted by Crippen LogP contribution is 2.23. The molecule has 0 saturated heterocycles. The minimum absolute atomic E-state index is 0.178. The molecule has 2 rings (SSSR count). The lowest BCUT2D eigenvalue weighted by atomic mass is 10.1. The molecule has 2 heterocycles. The number of methoxy groups -OCH3 is 1. The molecule has 0 aliphatic rings. The molecule has 0 fully saturated rings. The lowest BCUT2D eigenvalue weighted by molar-refractivity contribution is 0.0601. The summed E-state index contributed by atoms with van der Waals surface area (Å²) in [5.41, 5.74) is 0.830. The van der Waals surface area contributed by atoms with Crippen LogP contribution in [0.4, 0.5) is 0 Å². The van der Waals surface area contributed by atoms with Crippen molar-refractivity contribution in [1.82, 2.24) is 4.98 Å². The van der Waals surface area contributed by atoms with E-state index in [0.29, 0.717) is 11.0 Å². The van der Waals surface area contributed by atoms with Gasteiger partial charge < -0.3 is 9.15 Å². The van der Waals surface area contributed by atoms with Gasteiger partial charge >= 0.3 is 5.97 Å². The van der Waals surface area contributed by atoms with Crippen LogP contribution >= 0.6 is 0 Å². The summed E-state index contributed by atoms with van der Waals surface area (Å²) in [5, 5.41) is 0.524. The predicted octanol–water partition coefficient (Wildman–Crippen LogP) is 1.82. The van der Waals surface area contributed by atoms with Crippen LogP contribution in [0.5, 0.6) is 0 Å². The number of rotatable bonds is 2. The molecule has 0 N–H and O–H groups in total. The maximum Gasteiger partial charge on any atom is 0.343 e. The summed E-state index contributed by atoms with van der Waals surface area (Å²) in [4.78, 5) is 26.6. The average molecular weight is 219 g/mol. The normalized spacial score (nSPS) is 10.4. The van der Waals surface area contributed by atoms with Crippen molar-refractivity contribution >= 4 is 22.7 Å². The first-order valence-electron chi connectivity index (χ1n) is 4.60. The molecule has 2 aromatic heterocycles. The van der Waals surface area contributed by atoms with Gasteiger partial charge in [-0.3, -0.25) is 9.78 Å². The van der Waals surface area contributed by atoms with Crippen LogP contribution in [0.2, 0.25) is 0 Å². The van der Waals surface area contributed by atoms with Crippen molar-refractivity contribution in [2.75, 3.05) is 7.11 Å². The van der Waals surface area contributed by atoms with E-state index >= 15 is 0 Å². The minimum atomic E-state index is -0.539. The zero-order chi connectivity index (χ0) is 11.7. The SMILES string of the molecule is COC(=O)c1cnc(C(C)=O)c2ccoc12. The molecule has 0 saturated carbocycles. The minimum Gasteiger partial charge on any atom is -0.465 e. The standard InChI is InChI=1S/C11H9NO4/c1-6(13)9-7-3-4-16-10(7)8(5-12-9)11(14)15-2/h3-5H,1-2H3. The number of furan rings is 1. The molecule has 2 aromatic rings. The number of Topliss-reactive ketones (excluding diaryl/α,β-unsaturated/α-hetero) is 1. The third-order valence-corrected chi connectivity index (χ3v) is 2.23. The largest absolute Gasteiger partial charge is 0.465 e. The number of nitrogens with zero attached hydrogens (tertiary/aromatic N) is 1. The summed E-state index contributed by atoms with van der Waals surface area (Å²) < 4.78 is 9.76. The number of esters is 1. The number of fused-ring (bicyclic) bond motifs is 1. The van der Waals surface area contributed by atoms with Crippen molar-refractivity contribution in [3.8, 4) is 0 Å². The van der Waals surface area contributed by atoms with Crippen molar-refractivity contribution in [1.29, 1.82) is 0 Å². The molecule has 0 aliphatic heterocycles. The first-order valence-corrected chi connectivity index (χ1v) is 4.60. The van der Waals surface area contributed by atoms with Crippen molar-refractivity contribution in [2.45, 2.75) is 6.92 Å². The molecule has 5 heteroatoms. The number of carbonyl (C=O) groups is 2. The van der Waals surface area contributed by atoms with E-state index < -0.39 is 5.97 Å². The van der Waals surface area contributed by atoms with Gasteiger partial charge in [-0.2, -0.15) is 0 Å². The molecule has 0 aliphatic carbocycles. The Balaban J connectivity index is 2.73. The highest BCUT2D eigenvalue weighted by Gasteiger charge is 2.18. The molecule has 0 bridgehead atoms. The number of pyridine rings is 1. The Bertz CT molecular complexity index is 570. The second kappa shape index (κ2) is 3.77. The topological polar surface area (TPSA) is 69.4 Å². The summed E-state index contributed by atoms with van der Waals surface area (Å²) in [6, 6.07) is 1.60. The number of hydrogen-bond acceptors (Lipinski definition) is 5. The van der Waals surface area contributed by atoms with E-state index in [1.54, 1.807) is 6.07 Å². The third kappa shape index (κ3) is 1.46. The first-order chi connectivity index (χ1) is 7.65. The van der Waals surface area contributed by atoms with Crippen LogP contribution in [-0.2, 0) is 4.74 Å². The molecule has 0 aromatic carbocycles. The Labute approximate surface area is 91.0 Å². The smallest absolute Gasteiger partial charge is 0.343 e. The van der Waals surface area contributed by atoms with Gasteiger partial charge in [0, 0.05) is 13.1 Å². The molecule has 16 heavy (non-hydrogen) atoms. The lowest BCUT2D eigenvalue weighted by Gasteiger charge is -2.01. The number of ether oxygens (including phenoxy) is 1. The average Bonchev–Trinajstić information content (AvgIpc) is 2.75. The highest BCUT2D eigenvalue weighted by atomic mass is 16.5. The van der Waals surface area contributed by atoms with Gasteiger partial charge in [-0.25, -0.2) is 4.79 Å². The maximum absolute atomic E-state index is 11.4. The monoisotopic (exact) mass is 219 g/mol. The molecular formula is C11H9NO4. The van der Waals surface area contributed by atoms with Crippen LogP contribution in [0.25, 0.3) is 11.0 Å². The second-order valence-electron chi connectivity index (χ2n) is 3.23. The van der Waals surface area contributed by atoms with Crippen LogP contribution in [0, 0.1) is 0 Å². The van der Waals surface area contributed by atoms with E-state index in [9.17, 15) is 9.59 Å². The van der Waals surface area contributed by atoms with E-state index in [1.165, 1.54) is 26.5 Å². The summed E-state index contributed by atoms with van der Waals surface area (Å²) in [6.45, 7) is 1.41. The van der Waals surface area contributed by atoms with Crippen LogP contribution in [0.1, 0.15) is 27.8 Å². The second-order valence-corrected chi connectivity index (χ2v) is 3.23. The number of carbonyl (C=O) groups excluding carboxylic acids is 2. The molecule has 0 spiro atoms. The Morgan fingerprint density at radius 3 is 2.81 bits per heavy atom. The van der Waals surface area contributed by atoms with Gasteiger partial charge in [-0.05, 0) is 6.07 Å². The van der Waals surface area contributed by atoms with Crippen LogP contribution in [0.3, 0.4) is 0 Å². The first kappa shape index (κ1) is 10.4. The maximum atomic E-state index is 11.4. The molecule has 0 atom stereocenters. The third-order valence-electron chi connectivity index (χ3n) is 2.23. The summed E-state index contributed by atoms with van der Waals surface area (Å²) >= 11 is 0. The van der Waals surface area contributed by atoms with Gasteiger partial charge in [0.2, 0.25) is 0 Å². The van der Waals surface area contributed by atoms with E-state index in [2.05, 4.69) is 9.72 Å². The fourth-order valence-corrected chi connectivity index (χ4v) is 1.50. The fourth-order valence-electron chi connectivity index (χ4n) is 1.50. The van der Waals surface area contributed by atoms with Gasteiger partial charge in [0.05, 0.1) is 18.8 Å². The fraction of sp³-hybridized carbons (Fsp3) is 0.182. The van der Waals surface area contributed by atoms with Crippen molar-refractivity contribution in [3.63, 3.8) is 0 Å². The van der Waals surface area contributed by atoms with E-state index in [-0.39, 0.29) is 17.0 Å². The highest BCUT2D eigenvalue weighted by molar-refractivity contribution is 6.09. The Hall–Kier alpha value is -2.17. The van der Waals surface area contributed by atoms with E-state index in [0.717, 1.165) is 0 Å². The molecule has 5 nitrogen and oxygen atoms in total. The van der Waals surface area contributed by atoms with Crippen LogP contribution in [-0.4, -0.2) is 23.8 Å². The van der Waals surface area contributed by atoms with Gasteiger partial charge in [0.25, 0.3) is 0 Å². The van der Waals surface area contributed by atoms with Gasteiger partial charge in [0.1, 0.15) is 11.3 Å². The summed E-state index contributed by atoms with van der Waals surface area (Å²) in [5.74, 6) is -0.717.